The molecule has 0 aromatic heterocycles. The van der Waals surface area contributed by atoms with Crippen LogP contribution in [0.3, 0.4) is 0 Å². The summed E-state index contributed by atoms with van der Waals surface area (Å²) in [6.07, 6.45) is 4.72. The van der Waals surface area contributed by atoms with Crippen LogP contribution in [0.4, 0.5) is 0 Å². The van der Waals surface area contributed by atoms with Gasteiger partial charge in [0.05, 0.1) is 11.1 Å². The first kappa shape index (κ1) is 14.8. The summed E-state index contributed by atoms with van der Waals surface area (Å²) in [5.74, 6) is 0. The number of ether oxygens (including phenoxy) is 1. The predicted molar refractivity (Wildman–Crippen MR) is 70.1 cm³/mol. The number of thiocarbonyl (C=S) groups is 1. The minimum atomic E-state index is -0.0350. The van der Waals surface area contributed by atoms with Crippen LogP contribution in [0.15, 0.2) is 0 Å². The lowest BCUT2D eigenvalue weighted by Gasteiger charge is -2.23. The third-order valence-electron chi connectivity index (χ3n) is 2.71. The Morgan fingerprint density at radius 1 is 1.47 bits per heavy atom. The highest BCUT2D eigenvalue weighted by Gasteiger charge is 2.20. The van der Waals surface area contributed by atoms with Crippen molar-refractivity contribution in [2.24, 2.45) is 11.1 Å². The molecular formula is C12H25NOS. The van der Waals surface area contributed by atoms with Gasteiger partial charge in [-0.05, 0) is 26.2 Å². The molecule has 15 heavy (non-hydrogen) atoms. The Bertz CT molecular complexity index is 192. The highest BCUT2D eigenvalue weighted by atomic mass is 32.1. The van der Waals surface area contributed by atoms with Crippen molar-refractivity contribution < 1.29 is 4.74 Å². The first-order chi connectivity index (χ1) is 6.90. The topological polar surface area (TPSA) is 35.2 Å². The van der Waals surface area contributed by atoms with Crippen LogP contribution in [0.1, 0.15) is 53.4 Å². The van der Waals surface area contributed by atoms with Gasteiger partial charge < -0.3 is 10.5 Å². The molecule has 0 aromatic carbocycles. The van der Waals surface area contributed by atoms with Crippen LogP contribution in [-0.2, 0) is 4.74 Å². The third-order valence-corrected chi connectivity index (χ3v) is 3.26. The van der Waals surface area contributed by atoms with Gasteiger partial charge in [-0.25, -0.2) is 0 Å². The van der Waals surface area contributed by atoms with Gasteiger partial charge in [-0.3, -0.25) is 0 Å². The van der Waals surface area contributed by atoms with E-state index >= 15 is 0 Å². The molecule has 1 atom stereocenters. The van der Waals surface area contributed by atoms with Crippen LogP contribution in [0.5, 0.6) is 0 Å². The molecule has 90 valence electrons. The van der Waals surface area contributed by atoms with Crippen molar-refractivity contribution in [1.29, 1.82) is 0 Å². The Morgan fingerprint density at radius 2 is 2.07 bits per heavy atom. The molecule has 0 aliphatic carbocycles. The van der Waals surface area contributed by atoms with E-state index in [1.54, 1.807) is 0 Å². The van der Waals surface area contributed by atoms with E-state index in [4.69, 9.17) is 22.7 Å². The van der Waals surface area contributed by atoms with E-state index in [0.29, 0.717) is 11.1 Å². The maximum absolute atomic E-state index is 5.67. The van der Waals surface area contributed by atoms with Crippen LogP contribution in [-0.4, -0.2) is 17.7 Å². The van der Waals surface area contributed by atoms with Crippen LogP contribution >= 0.6 is 12.2 Å². The molecule has 2 nitrogen and oxygen atoms in total. The van der Waals surface area contributed by atoms with Gasteiger partial charge in [0, 0.05) is 12.0 Å². The lowest BCUT2D eigenvalue weighted by atomic mass is 9.88. The quantitative estimate of drug-likeness (QED) is 0.514. The molecule has 0 aliphatic rings. The fourth-order valence-electron chi connectivity index (χ4n) is 1.41. The molecule has 2 N–H and O–H groups in total. The lowest BCUT2D eigenvalue weighted by Crippen LogP contribution is -2.30. The van der Waals surface area contributed by atoms with E-state index in [1.807, 2.05) is 0 Å². The number of rotatable bonds is 8. The van der Waals surface area contributed by atoms with Gasteiger partial charge in [-0.1, -0.05) is 39.4 Å². The Labute approximate surface area is 99.6 Å². The number of hydrogen-bond acceptors (Lipinski definition) is 2. The smallest absolute Gasteiger partial charge is 0.0784 e. The third kappa shape index (κ3) is 6.85. The summed E-state index contributed by atoms with van der Waals surface area (Å²) in [7, 11) is 0. The maximum Gasteiger partial charge on any atom is 0.0784 e. The molecule has 0 rings (SSSR count). The minimum Gasteiger partial charge on any atom is -0.393 e. The van der Waals surface area contributed by atoms with Gasteiger partial charge in [0.25, 0.3) is 0 Å². The van der Waals surface area contributed by atoms with Crippen molar-refractivity contribution in [2.75, 3.05) is 6.61 Å². The summed E-state index contributed by atoms with van der Waals surface area (Å²) in [5, 5.41) is 0. The summed E-state index contributed by atoms with van der Waals surface area (Å²) < 4.78 is 5.67. The fourth-order valence-corrected chi connectivity index (χ4v) is 1.51. The zero-order chi connectivity index (χ0) is 11.9. The number of nitrogens with two attached hydrogens (primary N) is 1. The van der Waals surface area contributed by atoms with Gasteiger partial charge in [0.2, 0.25) is 0 Å². The monoisotopic (exact) mass is 231 g/mol. The lowest BCUT2D eigenvalue weighted by molar-refractivity contribution is 0.0547. The molecule has 3 heteroatoms. The zero-order valence-corrected chi connectivity index (χ0v) is 11.3. The molecule has 0 amide bonds. The second-order valence-electron chi connectivity index (χ2n) is 4.82. The molecule has 0 aliphatic heterocycles. The Hall–Kier alpha value is -0.150. The van der Waals surface area contributed by atoms with E-state index in [2.05, 4.69) is 27.7 Å². The van der Waals surface area contributed by atoms with Crippen LogP contribution < -0.4 is 5.73 Å². The summed E-state index contributed by atoms with van der Waals surface area (Å²) in [4.78, 5) is 0.601. The molecule has 0 aromatic rings. The normalized spacial score (nSPS) is 13.9. The average molecular weight is 231 g/mol. The van der Waals surface area contributed by atoms with Crippen molar-refractivity contribution in [3.8, 4) is 0 Å². The summed E-state index contributed by atoms with van der Waals surface area (Å²) in [5.41, 5.74) is 5.62. The van der Waals surface area contributed by atoms with Crippen LogP contribution in [0.25, 0.3) is 0 Å². The molecule has 0 heterocycles. The second kappa shape index (κ2) is 7.18. The van der Waals surface area contributed by atoms with E-state index in [9.17, 15) is 0 Å². The van der Waals surface area contributed by atoms with Gasteiger partial charge in [0.15, 0.2) is 0 Å². The van der Waals surface area contributed by atoms with Gasteiger partial charge in [0.1, 0.15) is 0 Å². The van der Waals surface area contributed by atoms with Crippen molar-refractivity contribution in [1.82, 2.24) is 0 Å². The largest absolute Gasteiger partial charge is 0.393 e. The molecule has 0 spiro atoms. The molecule has 0 saturated heterocycles. The first-order valence-corrected chi connectivity index (χ1v) is 6.22. The van der Waals surface area contributed by atoms with E-state index in [-0.39, 0.29) is 5.41 Å². The van der Waals surface area contributed by atoms with Gasteiger partial charge in [-0.2, -0.15) is 0 Å². The highest BCUT2D eigenvalue weighted by Crippen LogP contribution is 2.22. The van der Waals surface area contributed by atoms with Gasteiger partial charge in [-0.15, -0.1) is 0 Å². The fraction of sp³-hybridized carbons (Fsp3) is 0.917. The zero-order valence-electron chi connectivity index (χ0n) is 10.5. The Kier molecular flexibility index (Phi) is 7.11. The average Bonchev–Trinajstić information content (AvgIpc) is 2.13. The van der Waals surface area contributed by atoms with Crippen molar-refractivity contribution in [3.63, 3.8) is 0 Å². The van der Waals surface area contributed by atoms with E-state index in [1.165, 1.54) is 6.42 Å². The molecule has 1 unspecified atom stereocenters. The Morgan fingerprint density at radius 3 is 2.53 bits per heavy atom. The standard InChI is InChI=1S/C12H25NOS/c1-5-7-10(2)14-9-6-8-12(3,4)11(13)15/h10H,5-9H2,1-4H3,(H2,13,15). The van der Waals surface area contributed by atoms with Crippen molar-refractivity contribution in [3.05, 3.63) is 0 Å². The predicted octanol–water partition coefficient (Wildman–Crippen LogP) is 3.28. The summed E-state index contributed by atoms with van der Waals surface area (Å²) in [6, 6.07) is 0. The summed E-state index contributed by atoms with van der Waals surface area (Å²) >= 11 is 5.01. The van der Waals surface area contributed by atoms with Crippen molar-refractivity contribution >= 4 is 17.2 Å². The maximum atomic E-state index is 5.67. The Balaban J connectivity index is 3.58. The summed E-state index contributed by atoms with van der Waals surface area (Å²) in [6.45, 7) is 9.29. The van der Waals surface area contributed by atoms with Gasteiger partial charge >= 0.3 is 0 Å². The van der Waals surface area contributed by atoms with E-state index in [0.717, 1.165) is 25.9 Å². The second-order valence-corrected chi connectivity index (χ2v) is 5.26. The van der Waals surface area contributed by atoms with E-state index < -0.39 is 0 Å². The first-order valence-electron chi connectivity index (χ1n) is 5.81. The SMILES string of the molecule is CCCC(C)OCCCC(C)(C)C(N)=S. The van der Waals surface area contributed by atoms with Crippen LogP contribution in [0, 0.1) is 5.41 Å². The molecule has 0 fully saturated rings. The minimum absolute atomic E-state index is 0.0350. The van der Waals surface area contributed by atoms with Crippen molar-refractivity contribution in [2.45, 2.75) is 59.5 Å². The molecular weight excluding hydrogens is 206 g/mol. The highest BCUT2D eigenvalue weighted by molar-refractivity contribution is 7.80. The number of hydrogen-bond donors (Lipinski definition) is 1. The molecule has 0 radical (unpaired) electrons. The molecule has 0 bridgehead atoms. The van der Waals surface area contributed by atoms with Crippen LogP contribution in [0.2, 0.25) is 0 Å². The molecule has 0 saturated carbocycles.